The van der Waals surface area contributed by atoms with E-state index in [0.717, 1.165) is 25.9 Å². The SMILES string of the molecule is O=C(O)[C@H]1CC=CC[C@H]1C(=O)Nc1ccccc1C(=O)N1CCCC1. The molecule has 6 nitrogen and oxygen atoms in total. The number of aliphatic carboxylic acids is 1. The van der Waals surface area contributed by atoms with E-state index in [9.17, 15) is 19.5 Å². The van der Waals surface area contributed by atoms with Crippen LogP contribution in [0.2, 0.25) is 0 Å². The quantitative estimate of drug-likeness (QED) is 0.823. The van der Waals surface area contributed by atoms with Crippen LogP contribution in [0, 0.1) is 11.8 Å². The number of allylic oxidation sites excluding steroid dienone is 2. The van der Waals surface area contributed by atoms with Gasteiger partial charge in [0.05, 0.1) is 23.1 Å². The van der Waals surface area contributed by atoms with E-state index < -0.39 is 17.8 Å². The van der Waals surface area contributed by atoms with Gasteiger partial charge in [0.2, 0.25) is 5.91 Å². The molecule has 2 amide bonds. The molecule has 0 bridgehead atoms. The fourth-order valence-corrected chi connectivity index (χ4v) is 3.47. The Labute approximate surface area is 146 Å². The molecule has 1 heterocycles. The second-order valence-corrected chi connectivity index (χ2v) is 6.53. The van der Waals surface area contributed by atoms with Crippen LogP contribution in [-0.2, 0) is 9.59 Å². The Balaban J connectivity index is 1.78. The molecular formula is C19H22N2O4. The highest BCUT2D eigenvalue weighted by molar-refractivity contribution is 6.04. The van der Waals surface area contributed by atoms with Crippen molar-refractivity contribution in [2.45, 2.75) is 25.7 Å². The van der Waals surface area contributed by atoms with E-state index >= 15 is 0 Å². The van der Waals surface area contributed by atoms with E-state index in [4.69, 9.17) is 0 Å². The van der Waals surface area contributed by atoms with Gasteiger partial charge in [-0.15, -0.1) is 0 Å². The number of benzene rings is 1. The molecule has 2 aliphatic rings. The maximum absolute atomic E-state index is 12.7. The zero-order valence-electron chi connectivity index (χ0n) is 14.0. The lowest BCUT2D eigenvalue weighted by molar-refractivity contribution is -0.146. The zero-order chi connectivity index (χ0) is 17.8. The molecule has 0 saturated carbocycles. The highest BCUT2D eigenvalue weighted by Crippen LogP contribution is 2.28. The molecule has 0 aromatic heterocycles. The number of amides is 2. The predicted octanol–water partition coefficient (Wildman–Crippen LogP) is 2.53. The lowest BCUT2D eigenvalue weighted by Gasteiger charge is -2.25. The second kappa shape index (κ2) is 7.51. The van der Waals surface area contributed by atoms with Gasteiger partial charge >= 0.3 is 5.97 Å². The van der Waals surface area contributed by atoms with E-state index in [1.54, 1.807) is 35.2 Å². The van der Waals surface area contributed by atoms with Gasteiger partial charge in [0.15, 0.2) is 0 Å². The third kappa shape index (κ3) is 3.73. The molecule has 1 aliphatic carbocycles. The van der Waals surface area contributed by atoms with E-state index in [1.165, 1.54) is 0 Å². The summed E-state index contributed by atoms with van der Waals surface area (Å²) in [7, 11) is 0. The summed E-state index contributed by atoms with van der Waals surface area (Å²) in [6, 6.07) is 6.91. The van der Waals surface area contributed by atoms with Crippen molar-refractivity contribution in [2.75, 3.05) is 18.4 Å². The van der Waals surface area contributed by atoms with Gasteiger partial charge in [-0.05, 0) is 37.8 Å². The number of nitrogens with one attached hydrogen (secondary N) is 1. The number of likely N-dealkylation sites (tertiary alicyclic amines) is 1. The van der Waals surface area contributed by atoms with Crippen molar-refractivity contribution >= 4 is 23.5 Å². The summed E-state index contributed by atoms with van der Waals surface area (Å²) in [4.78, 5) is 38.5. The first-order valence-corrected chi connectivity index (χ1v) is 8.65. The first kappa shape index (κ1) is 17.2. The van der Waals surface area contributed by atoms with Crippen molar-refractivity contribution < 1.29 is 19.5 Å². The van der Waals surface area contributed by atoms with Crippen molar-refractivity contribution in [3.05, 3.63) is 42.0 Å². The highest BCUT2D eigenvalue weighted by atomic mass is 16.4. The Bertz CT molecular complexity index is 707. The standard InChI is InChI=1S/C19H22N2O4/c22-17(13-7-1-2-8-14(13)19(24)25)20-16-10-4-3-9-15(16)18(23)21-11-5-6-12-21/h1-4,9-10,13-14H,5-8,11-12H2,(H,20,22)(H,24,25)/t13-,14+/m1/s1. The summed E-state index contributed by atoms with van der Waals surface area (Å²) in [5.41, 5.74) is 0.902. The Morgan fingerprint density at radius 1 is 1.00 bits per heavy atom. The Morgan fingerprint density at radius 2 is 1.64 bits per heavy atom. The third-order valence-electron chi connectivity index (χ3n) is 4.89. The van der Waals surface area contributed by atoms with Crippen LogP contribution in [0.5, 0.6) is 0 Å². The number of carboxylic acids is 1. The molecule has 0 spiro atoms. The number of carbonyl (C=O) groups excluding carboxylic acids is 2. The lowest BCUT2D eigenvalue weighted by Crippen LogP contribution is -2.35. The molecule has 6 heteroatoms. The average Bonchev–Trinajstić information content (AvgIpc) is 3.16. The molecule has 1 aliphatic heterocycles. The van der Waals surface area contributed by atoms with Crippen LogP contribution in [0.3, 0.4) is 0 Å². The zero-order valence-corrected chi connectivity index (χ0v) is 14.0. The minimum absolute atomic E-state index is 0.0910. The van der Waals surface area contributed by atoms with Crippen molar-refractivity contribution in [3.63, 3.8) is 0 Å². The van der Waals surface area contributed by atoms with E-state index in [2.05, 4.69) is 5.32 Å². The summed E-state index contributed by atoms with van der Waals surface area (Å²) < 4.78 is 0. The topological polar surface area (TPSA) is 86.7 Å². The molecular weight excluding hydrogens is 320 g/mol. The van der Waals surface area contributed by atoms with Gasteiger partial charge in [-0.25, -0.2) is 0 Å². The van der Waals surface area contributed by atoms with Crippen LogP contribution in [0.25, 0.3) is 0 Å². The second-order valence-electron chi connectivity index (χ2n) is 6.53. The van der Waals surface area contributed by atoms with Gasteiger partial charge in [-0.1, -0.05) is 24.3 Å². The number of hydrogen-bond acceptors (Lipinski definition) is 3. The number of rotatable bonds is 4. The highest BCUT2D eigenvalue weighted by Gasteiger charge is 2.34. The minimum Gasteiger partial charge on any atom is -0.481 e. The molecule has 1 aromatic rings. The Hall–Kier alpha value is -2.63. The lowest BCUT2D eigenvalue weighted by atomic mass is 9.82. The largest absolute Gasteiger partial charge is 0.481 e. The average molecular weight is 342 g/mol. The molecule has 1 fully saturated rings. The number of carboxylic acid groups (broad SMARTS) is 1. The van der Waals surface area contributed by atoms with Gasteiger partial charge in [0.1, 0.15) is 0 Å². The van der Waals surface area contributed by atoms with E-state index in [0.29, 0.717) is 24.1 Å². The maximum atomic E-state index is 12.7. The number of anilines is 1. The molecule has 25 heavy (non-hydrogen) atoms. The number of hydrogen-bond donors (Lipinski definition) is 2. The molecule has 1 aromatic carbocycles. The predicted molar refractivity (Wildman–Crippen MR) is 93.2 cm³/mol. The minimum atomic E-state index is -0.967. The first-order chi connectivity index (χ1) is 12.1. The molecule has 1 saturated heterocycles. The van der Waals surface area contributed by atoms with Gasteiger partial charge in [-0.2, -0.15) is 0 Å². The number of para-hydroxylation sites is 1. The van der Waals surface area contributed by atoms with Crippen LogP contribution < -0.4 is 5.32 Å². The van der Waals surface area contributed by atoms with Crippen LogP contribution in [0.15, 0.2) is 36.4 Å². The van der Waals surface area contributed by atoms with Gasteiger partial charge < -0.3 is 15.3 Å². The Kier molecular flexibility index (Phi) is 5.16. The molecule has 2 atom stereocenters. The van der Waals surface area contributed by atoms with Crippen LogP contribution in [0.1, 0.15) is 36.0 Å². The number of nitrogens with zero attached hydrogens (tertiary/aromatic N) is 1. The Morgan fingerprint density at radius 3 is 2.32 bits per heavy atom. The maximum Gasteiger partial charge on any atom is 0.307 e. The number of carbonyl (C=O) groups is 3. The summed E-state index contributed by atoms with van der Waals surface area (Å²) in [5.74, 6) is -2.76. The van der Waals surface area contributed by atoms with Gasteiger partial charge in [0, 0.05) is 13.1 Å². The van der Waals surface area contributed by atoms with Crippen molar-refractivity contribution in [1.29, 1.82) is 0 Å². The van der Waals surface area contributed by atoms with Crippen LogP contribution >= 0.6 is 0 Å². The summed E-state index contributed by atoms with van der Waals surface area (Å²) in [6.07, 6.45) is 6.37. The molecule has 3 rings (SSSR count). The molecule has 132 valence electrons. The summed E-state index contributed by atoms with van der Waals surface area (Å²) >= 11 is 0. The fourth-order valence-electron chi connectivity index (χ4n) is 3.47. The fraction of sp³-hybridized carbons (Fsp3) is 0.421. The van der Waals surface area contributed by atoms with Crippen molar-refractivity contribution in [3.8, 4) is 0 Å². The summed E-state index contributed by atoms with van der Waals surface area (Å²) in [5, 5.41) is 12.1. The van der Waals surface area contributed by atoms with E-state index in [1.807, 2.05) is 6.08 Å². The van der Waals surface area contributed by atoms with Crippen molar-refractivity contribution in [1.82, 2.24) is 4.90 Å². The van der Waals surface area contributed by atoms with Crippen LogP contribution in [-0.4, -0.2) is 40.9 Å². The molecule has 0 unspecified atom stereocenters. The molecule has 0 radical (unpaired) electrons. The normalized spacial score (nSPS) is 22.6. The monoisotopic (exact) mass is 342 g/mol. The van der Waals surface area contributed by atoms with Crippen LogP contribution in [0.4, 0.5) is 5.69 Å². The smallest absolute Gasteiger partial charge is 0.307 e. The first-order valence-electron chi connectivity index (χ1n) is 8.65. The molecule has 2 N–H and O–H groups in total. The van der Waals surface area contributed by atoms with Gasteiger partial charge in [0.25, 0.3) is 5.91 Å². The third-order valence-corrected chi connectivity index (χ3v) is 4.89. The van der Waals surface area contributed by atoms with E-state index in [-0.39, 0.29) is 11.8 Å². The van der Waals surface area contributed by atoms with Crippen molar-refractivity contribution in [2.24, 2.45) is 11.8 Å². The van der Waals surface area contributed by atoms with Gasteiger partial charge in [-0.3, -0.25) is 14.4 Å². The summed E-state index contributed by atoms with van der Waals surface area (Å²) in [6.45, 7) is 1.46.